The molecule has 15 heteroatoms. The van der Waals surface area contributed by atoms with Crippen LogP contribution in [-0.2, 0) is 25.7 Å². The number of alkyl halides is 2. The second-order valence-electron chi connectivity index (χ2n) is 12.6. The zero-order valence-electron chi connectivity index (χ0n) is 25.6. The number of carbonyl (C=O) groups is 4. The number of hydrogen-bond donors (Lipinski definition) is 1. The maximum absolute atomic E-state index is 15.2. The summed E-state index contributed by atoms with van der Waals surface area (Å²) in [4.78, 5) is 52.0. The van der Waals surface area contributed by atoms with E-state index in [0.717, 1.165) is 4.90 Å². The van der Waals surface area contributed by atoms with Crippen molar-refractivity contribution in [2.75, 3.05) is 18.1 Å². The van der Waals surface area contributed by atoms with E-state index in [1.54, 1.807) is 36.4 Å². The van der Waals surface area contributed by atoms with E-state index in [4.69, 9.17) is 33.0 Å². The van der Waals surface area contributed by atoms with Gasteiger partial charge in [-0.05, 0) is 42.0 Å². The fourth-order valence-corrected chi connectivity index (χ4v) is 8.78. The van der Waals surface area contributed by atoms with Crippen LogP contribution in [0.1, 0.15) is 29.9 Å². The van der Waals surface area contributed by atoms with Crippen LogP contribution in [0.3, 0.4) is 0 Å². The number of ether oxygens (including phenoxy) is 1. The molecule has 4 amide bonds. The van der Waals surface area contributed by atoms with Crippen molar-refractivity contribution in [2.24, 2.45) is 17.8 Å². The van der Waals surface area contributed by atoms with E-state index >= 15 is 8.78 Å². The average molecular weight is 735 g/mol. The van der Waals surface area contributed by atoms with Gasteiger partial charge in [0.2, 0.25) is 17.6 Å². The maximum Gasteiger partial charge on any atom is 0.258 e. The molecule has 0 radical (unpaired) electrons. The van der Waals surface area contributed by atoms with Gasteiger partial charge in [-0.15, -0.1) is 23.2 Å². The zero-order valence-corrected chi connectivity index (χ0v) is 27.2. The van der Waals surface area contributed by atoms with Crippen molar-refractivity contribution in [1.82, 2.24) is 4.90 Å². The van der Waals surface area contributed by atoms with Gasteiger partial charge in [0.15, 0.2) is 33.0 Å². The molecule has 1 saturated carbocycles. The number of hydrogen-bond acceptors (Lipinski definition) is 6. The summed E-state index contributed by atoms with van der Waals surface area (Å²) in [6.07, 6.45) is 1.07. The third-order valence-corrected chi connectivity index (χ3v) is 11.5. The number of aliphatic hydroxyl groups excluding tert-OH is 1. The molecule has 0 spiro atoms. The number of carbonyl (C=O) groups excluding carboxylic acids is 4. The Bertz CT molecular complexity index is 1970. The summed E-state index contributed by atoms with van der Waals surface area (Å²) in [6, 6.07) is 14.6. The van der Waals surface area contributed by atoms with E-state index in [1.807, 2.05) is 0 Å². The second-order valence-corrected chi connectivity index (χ2v) is 13.8. The largest absolute Gasteiger partial charge is 0.491 e. The lowest BCUT2D eigenvalue weighted by Gasteiger charge is -2.50. The lowest BCUT2D eigenvalue weighted by molar-refractivity contribution is -0.141. The number of aliphatic hydroxyl groups is 1. The summed E-state index contributed by atoms with van der Waals surface area (Å²) >= 11 is 14.3. The molecule has 2 saturated heterocycles. The Kier molecular flexibility index (Phi) is 8.31. The molecule has 2 heterocycles. The van der Waals surface area contributed by atoms with Crippen molar-refractivity contribution >= 4 is 52.5 Å². The Hall–Kier alpha value is -4.33. The van der Waals surface area contributed by atoms with E-state index < -0.39 is 98.2 Å². The lowest BCUT2D eigenvalue weighted by atomic mass is 9.56. The minimum Gasteiger partial charge on any atom is -0.491 e. The van der Waals surface area contributed by atoms with Gasteiger partial charge in [0.05, 0.1) is 25.0 Å². The smallest absolute Gasteiger partial charge is 0.258 e. The third-order valence-electron chi connectivity index (χ3n) is 10.1. The molecule has 4 aliphatic rings. The van der Waals surface area contributed by atoms with Crippen LogP contribution in [0.4, 0.5) is 27.6 Å². The molecule has 0 bridgehead atoms. The highest BCUT2D eigenvalue weighted by molar-refractivity contribution is 6.58. The van der Waals surface area contributed by atoms with Gasteiger partial charge in [0, 0.05) is 5.92 Å². The lowest BCUT2D eigenvalue weighted by Crippen LogP contribution is -2.60. The first-order valence-corrected chi connectivity index (χ1v) is 16.2. The highest BCUT2D eigenvalue weighted by atomic mass is 35.5. The molecule has 7 rings (SSSR count). The van der Waals surface area contributed by atoms with Crippen LogP contribution in [0.15, 0.2) is 66.2 Å². The van der Waals surface area contributed by atoms with Crippen LogP contribution in [0.5, 0.6) is 5.75 Å². The molecule has 50 heavy (non-hydrogen) atoms. The van der Waals surface area contributed by atoms with Crippen LogP contribution < -0.4 is 9.64 Å². The van der Waals surface area contributed by atoms with Crippen LogP contribution in [0.2, 0.25) is 0 Å². The molecule has 3 aromatic carbocycles. The first-order chi connectivity index (χ1) is 23.8. The summed E-state index contributed by atoms with van der Waals surface area (Å²) in [5.74, 6) is -20.4. The molecule has 1 N–H and O–H groups in total. The van der Waals surface area contributed by atoms with E-state index in [2.05, 4.69) is 0 Å². The summed E-state index contributed by atoms with van der Waals surface area (Å²) in [5.41, 5.74) is -0.596. The van der Waals surface area contributed by atoms with Gasteiger partial charge in [-0.2, -0.15) is 0 Å². The number of benzene rings is 3. The Morgan fingerprint density at radius 3 is 2.04 bits per heavy atom. The van der Waals surface area contributed by atoms with Crippen molar-refractivity contribution < 1.29 is 51.0 Å². The number of likely N-dealkylation sites (tertiary alicyclic amines) is 1. The van der Waals surface area contributed by atoms with Gasteiger partial charge >= 0.3 is 0 Å². The molecule has 0 unspecified atom stereocenters. The highest BCUT2D eigenvalue weighted by Crippen LogP contribution is 2.66. The molecule has 260 valence electrons. The highest BCUT2D eigenvalue weighted by Gasteiger charge is 2.77. The zero-order chi connectivity index (χ0) is 35.9. The number of halogens is 7. The number of imide groups is 2. The predicted molar refractivity (Wildman–Crippen MR) is 167 cm³/mol. The fourth-order valence-electron chi connectivity index (χ4n) is 7.85. The summed E-state index contributed by atoms with van der Waals surface area (Å²) in [6.45, 7) is -0.384. The van der Waals surface area contributed by atoms with Crippen molar-refractivity contribution in [3.05, 3.63) is 106 Å². The van der Waals surface area contributed by atoms with Gasteiger partial charge < -0.3 is 9.84 Å². The molecular weight excluding hydrogens is 710 g/mol. The monoisotopic (exact) mass is 734 g/mol. The minimum absolute atomic E-state index is 0.0340. The van der Waals surface area contributed by atoms with Crippen LogP contribution in [-0.4, -0.2) is 56.6 Å². The van der Waals surface area contributed by atoms with E-state index in [0.29, 0.717) is 16.9 Å². The number of anilines is 1. The van der Waals surface area contributed by atoms with E-state index in [1.165, 1.54) is 24.3 Å². The molecule has 0 aromatic heterocycles. The van der Waals surface area contributed by atoms with Crippen LogP contribution in [0, 0.1) is 46.8 Å². The van der Waals surface area contributed by atoms with Gasteiger partial charge in [0.25, 0.3) is 11.8 Å². The standard InChI is InChI=1S/C35H25Cl2F5N2O6/c36-34-14-21-19(10-11-20-22(21)31(47)43(30(20)46)15-16-4-2-1-3-5-16)23(17-6-8-18(9-7-17)50-13-12-45)35(34,37)33(49)44(32(34)48)29-27(41)25(39)24(38)26(40)28(29)42/h1-10,20-23,45H,11-15H2/t20-,21+,22-,23-,34+,35-/m0/s1. The normalized spacial score (nSPS) is 28.8. The molecule has 6 atom stereocenters. The Labute approximate surface area is 291 Å². The Morgan fingerprint density at radius 2 is 1.42 bits per heavy atom. The second kappa shape index (κ2) is 12.2. The predicted octanol–water partition coefficient (Wildman–Crippen LogP) is 5.52. The fraction of sp³-hybridized carbons (Fsp3) is 0.314. The molecule has 3 fully saturated rings. The summed E-state index contributed by atoms with van der Waals surface area (Å²) in [5, 5.41) is 9.14. The first kappa shape index (κ1) is 34.1. The number of rotatable bonds is 7. The molecule has 2 aliphatic heterocycles. The van der Waals surface area contributed by atoms with Gasteiger partial charge in [-0.25, -0.2) is 26.9 Å². The molecule has 8 nitrogen and oxygen atoms in total. The van der Waals surface area contributed by atoms with Crippen molar-refractivity contribution in [3.63, 3.8) is 0 Å². The minimum atomic E-state index is -2.62. The quantitative estimate of drug-likeness (QED) is 0.0857. The number of amides is 4. The number of allylic oxidation sites excluding steroid dienone is 2. The molecular formula is C35H25Cl2F5N2O6. The summed E-state index contributed by atoms with van der Waals surface area (Å²) in [7, 11) is 0. The SMILES string of the molecule is O=C1[C@H]2[C@H](CC=C3[C@H]2C[C@@]2(Cl)C(=O)N(c4c(F)c(F)c(F)c(F)c4F)C(=O)[C@@]2(Cl)[C@H]3c2ccc(OCCO)cc2)C(=O)N1Cc1ccccc1. The number of nitrogens with zero attached hydrogens (tertiary/aromatic N) is 2. The first-order valence-electron chi connectivity index (χ1n) is 15.5. The Morgan fingerprint density at radius 1 is 0.800 bits per heavy atom. The Balaban J connectivity index is 1.38. The topological polar surface area (TPSA) is 104 Å². The number of fused-ring (bicyclic) bond motifs is 4. The van der Waals surface area contributed by atoms with Gasteiger partial charge in [0.1, 0.15) is 18.0 Å². The molecule has 2 aliphatic carbocycles. The van der Waals surface area contributed by atoms with E-state index in [9.17, 15) is 32.3 Å². The maximum atomic E-state index is 15.2. The van der Waals surface area contributed by atoms with Gasteiger partial charge in [-0.3, -0.25) is 24.1 Å². The van der Waals surface area contributed by atoms with E-state index in [-0.39, 0.29) is 36.6 Å². The average Bonchev–Trinajstić information content (AvgIpc) is 3.44. The van der Waals surface area contributed by atoms with Gasteiger partial charge in [-0.1, -0.05) is 54.1 Å². The van der Waals surface area contributed by atoms with Crippen molar-refractivity contribution in [3.8, 4) is 5.75 Å². The molecule has 3 aromatic rings. The summed E-state index contributed by atoms with van der Waals surface area (Å²) < 4.78 is 78.7. The van der Waals surface area contributed by atoms with Crippen LogP contribution >= 0.6 is 23.2 Å². The van der Waals surface area contributed by atoms with Crippen molar-refractivity contribution in [1.29, 1.82) is 0 Å². The van der Waals surface area contributed by atoms with Crippen molar-refractivity contribution in [2.45, 2.75) is 35.1 Å². The third kappa shape index (κ3) is 4.66. The van der Waals surface area contributed by atoms with Crippen LogP contribution in [0.25, 0.3) is 0 Å².